The summed E-state index contributed by atoms with van der Waals surface area (Å²) in [5, 5.41) is 3.00. The van der Waals surface area contributed by atoms with Gasteiger partial charge in [-0.25, -0.2) is 0 Å². The molecule has 1 radical (unpaired) electrons. The smallest absolute Gasteiger partial charge is 0.0521 e. The molecule has 0 amide bonds. The molecule has 0 aliphatic heterocycles. The van der Waals surface area contributed by atoms with Crippen LogP contribution in [0.5, 0.6) is 0 Å². The van der Waals surface area contributed by atoms with Crippen LogP contribution in [0.1, 0.15) is 20.8 Å². The first kappa shape index (κ1) is 6.92. The lowest BCUT2D eigenvalue weighted by atomic mass is 10.4. The quantitative estimate of drug-likeness (QED) is 0.496. The zero-order valence-electron chi connectivity index (χ0n) is 5.15. The minimum Gasteiger partial charge on any atom is -0.316 e. The third kappa shape index (κ3) is 5.92. The van der Waals surface area contributed by atoms with Crippen molar-refractivity contribution in [3.8, 4) is 0 Å². The van der Waals surface area contributed by atoms with Crippen molar-refractivity contribution in [2.75, 3.05) is 0 Å². The fraction of sp³-hybridized carbons (Fsp3) is 0.800. The van der Waals surface area contributed by atoms with Gasteiger partial charge in [0, 0.05) is 6.04 Å². The van der Waals surface area contributed by atoms with Gasteiger partial charge in [0.1, 0.15) is 0 Å². The maximum absolute atomic E-state index is 5.36. The van der Waals surface area contributed by atoms with Crippen molar-refractivity contribution in [1.82, 2.24) is 5.32 Å². The SMILES string of the molecule is C[C](C)NC(C)N. The maximum atomic E-state index is 5.36. The van der Waals surface area contributed by atoms with E-state index in [0.717, 1.165) is 6.04 Å². The zero-order chi connectivity index (χ0) is 5.86. The summed E-state index contributed by atoms with van der Waals surface area (Å²) in [4.78, 5) is 0. The molecule has 2 nitrogen and oxygen atoms in total. The van der Waals surface area contributed by atoms with Crippen LogP contribution in [0, 0.1) is 6.04 Å². The van der Waals surface area contributed by atoms with Crippen molar-refractivity contribution in [3.63, 3.8) is 0 Å². The van der Waals surface area contributed by atoms with Gasteiger partial charge in [0.25, 0.3) is 0 Å². The van der Waals surface area contributed by atoms with Gasteiger partial charge in [0.05, 0.1) is 6.17 Å². The Morgan fingerprint density at radius 3 is 2.00 bits per heavy atom. The lowest BCUT2D eigenvalue weighted by Crippen LogP contribution is -2.34. The summed E-state index contributed by atoms with van der Waals surface area (Å²) in [5.41, 5.74) is 5.36. The van der Waals surface area contributed by atoms with Gasteiger partial charge in [-0.3, -0.25) is 5.32 Å². The molecule has 0 spiro atoms. The van der Waals surface area contributed by atoms with E-state index >= 15 is 0 Å². The van der Waals surface area contributed by atoms with E-state index in [1.165, 1.54) is 0 Å². The molecule has 1 unspecified atom stereocenters. The van der Waals surface area contributed by atoms with Crippen LogP contribution in [0.3, 0.4) is 0 Å². The summed E-state index contributed by atoms with van der Waals surface area (Å²) < 4.78 is 0. The van der Waals surface area contributed by atoms with Gasteiger partial charge in [-0.1, -0.05) is 0 Å². The highest BCUT2D eigenvalue weighted by atomic mass is 15.0. The van der Waals surface area contributed by atoms with Crippen molar-refractivity contribution < 1.29 is 0 Å². The van der Waals surface area contributed by atoms with Crippen molar-refractivity contribution in [2.45, 2.75) is 26.9 Å². The molecule has 0 saturated carbocycles. The molecule has 43 valence electrons. The average molecular weight is 101 g/mol. The third-order valence-corrected chi connectivity index (χ3v) is 0.516. The number of nitrogens with one attached hydrogen (secondary N) is 1. The van der Waals surface area contributed by atoms with E-state index in [1.807, 2.05) is 20.8 Å². The van der Waals surface area contributed by atoms with E-state index in [2.05, 4.69) is 5.32 Å². The Kier molecular flexibility index (Phi) is 2.96. The maximum Gasteiger partial charge on any atom is 0.0521 e. The molecule has 0 rings (SSSR count). The summed E-state index contributed by atoms with van der Waals surface area (Å²) in [6, 6.07) is 1.16. The van der Waals surface area contributed by atoms with Crippen LogP contribution in [0.2, 0.25) is 0 Å². The summed E-state index contributed by atoms with van der Waals surface area (Å²) in [6.07, 6.45) is 0.0880. The van der Waals surface area contributed by atoms with E-state index in [4.69, 9.17) is 5.73 Å². The number of nitrogens with two attached hydrogens (primary N) is 1. The normalized spacial score (nSPS) is 15.0. The van der Waals surface area contributed by atoms with Crippen LogP contribution in [-0.2, 0) is 0 Å². The fourth-order valence-corrected chi connectivity index (χ4v) is 0.455. The Balaban J connectivity index is 2.95. The van der Waals surface area contributed by atoms with Crippen molar-refractivity contribution >= 4 is 0 Å². The van der Waals surface area contributed by atoms with Crippen LogP contribution in [-0.4, -0.2) is 6.17 Å². The van der Waals surface area contributed by atoms with E-state index in [0.29, 0.717) is 0 Å². The van der Waals surface area contributed by atoms with Crippen LogP contribution in [0.15, 0.2) is 0 Å². The Morgan fingerprint density at radius 1 is 1.57 bits per heavy atom. The molecule has 3 N–H and O–H groups in total. The van der Waals surface area contributed by atoms with Crippen LogP contribution in [0.4, 0.5) is 0 Å². The number of hydrogen-bond acceptors (Lipinski definition) is 2. The molecule has 0 bridgehead atoms. The molecule has 0 aliphatic carbocycles. The lowest BCUT2D eigenvalue weighted by molar-refractivity contribution is 0.585. The van der Waals surface area contributed by atoms with Crippen molar-refractivity contribution in [2.24, 2.45) is 5.73 Å². The minimum atomic E-state index is 0.0880. The van der Waals surface area contributed by atoms with Crippen LogP contribution < -0.4 is 11.1 Å². The van der Waals surface area contributed by atoms with Gasteiger partial charge < -0.3 is 5.73 Å². The molecule has 1 atom stereocenters. The molecule has 0 saturated heterocycles. The van der Waals surface area contributed by atoms with Crippen molar-refractivity contribution in [3.05, 3.63) is 6.04 Å². The molecule has 0 aromatic heterocycles. The topological polar surface area (TPSA) is 38.0 Å². The summed E-state index contributed by atoms with van der Waals surface area (Å²) in [7, 11) is 0. The van der Waals surface area contributed by atoms with E-state index in [-0.39, 0.29) is 6.17 Å². The number of hydrogen-bond donors (Lipinski definition) is 2. The molecule has 0 aliphatic rings. The van der Waals surface area contributed by atoms with Gasteiger partial charge in [0.2, 0.25) is 0 Å². The molecule has 2 heteroatoms. The highest BCUT2D eigenvalue weighted by molar-refractivity contribution is 4.74. The van der Waals surface area contributed by atoms with Crippen molar-refractivity contribution in [1.29, 1.82) is 0 Å². The second-order valence-electron chi connectivity index (χ2n) is 1.93. The second-order valence-corrected chi connectivity index (χ2v) is 1.93. The van der Waals surface area contributed by atoms with E-state index in [9.17, 15) is 0 Å². The van der Waals surface area contributed by atoms with Gasteiger partial charge in [-0.2, -0.15) is 0 Å². The first-order valence-electron chi connectivity index (χ1n) is 2.45. The molecule has 7 heavy (non-hydrogen) atoms. The predicted octanol–water partition coefficient (Wildman–Crippen LogP) is 0.452. The summed E-state index contributed by atoms with van der Waals surface area (Å²) in [5.74, 6) is 0. The largest absolute Gasteiger partial charge is 0.316 e. The zero-order valence-corrected chi connectivity index (χ0v) is 5.15. The fourth-order valence-electron chi connectivity index (χ4n) is 0.455. The Bertz CT molecular complexity index is 35.3. The minimum absolute atomic E-state index is 0.0880. The van der Waals surface area contributed by atoms with Crippen LogP contribution >= 0.6 is 0 Å². The molecule has 0 aromatic rings. The molecule has 0 aromatic carbocycles. The highest BCUT2D eigenvalue weighted by Crippen LogP contribution is 1.85. The standard InChI is InChI=1S/C5H13N2/c1-4(2)7-5(3)6/h5,7H,6H2,1-3H3. The van der Waals surface area contributed by atoms with Gasteiger partial charge in [-0.05, 0) is 20.8 Å². The monoisotopic (exact) mass is 101 g/mol. The molecular weight excluding hydrogens is 88.1 g/mol. The summed E-state index contributed by atoms with van der Waals surface area (Å²) >= 11 is 0. The Labute approximate surface area is 45.1 Å². The van der Waals surface area contributed by atoms with Gasteiger partial charge in [-0.15, -0.1) is 0 Å². The van der Waals surface area contributed by atoms with Gasteiger partial charge in [0.15, 0.2) is 0 Å². The highest BCUT2D eigenvalue weighted by Gasteiger charge is 1.93. The molecule has 0 fully saturated rings. The summed E-state index contributed by atoms with van der Waals surface area (Å²) in [6.45, 7) is 5.89. The predicted molar refractivity (Wildman–Crippen MR) is 31.4 cm³/mol. The first-order chi connectivity index (χ1) is 3.13. The van der Waals surface area contributed by atoms with E-state index in [1.54, 1.807) is 0 Å². The third-order valence-electron chi connectivity index (χ3n) is 0.516. The second kappa shape index (κ2) is 2.99. The van der Waals surface area contributed by atoms with Crippen LogP contribution in [0.25, 0.3) is 0 Å². The van der Waals surface area contributed by atoms with E-state index < -0.39 is 0 Å². The Hall–Kier alpha value is -0.0800. The molecule has 0 heterocycles. The molecular formula is C5H13N2. The van der Waals surface area contributed by atoms with Gasteiger partial charge >= 0.3 is 0 Å². The first-order valence-corrected chi connectivity index (χ1v) is 2.45. The Morgan fingerprint density at radius 2 is 2.00 bits per heavy atom. The average Bonchev–Trinajstić information content (AvgIpc) is 1.27. The number of rotatable bonds is 2. The lowest BCUT2D eigenvalue weighted by Gasteiger charge is -2.09.